The number of anilines is 1. The van der Waals surface area contributed by atoms with Crippen molar-refractivity contribution in [2.45, 2.75) is 18.9 Å². The first-order valence-corrected chi connectivity index (χ1v) is 8.16. The van der Waals surface area contributed by atoms with Crippen LogP contribution >= 0.6 is 11.6 Å². The normalized spacial score (nSPS) is 17.0. The lowest BCUT2D eigenvalue weighted by Crippen LogP contribution is -2.34. The molecule has 4 nitrogen and oxygen atoms in total. The Morgan fingerprint density at radius 2 is 1.77 bits per heavy atom. The highest BCUT2D eigenvalue weighted by atomic mass is 35.5. The van der Waals surface area contributed by atoms with Crippen molar-refractivity contribution in [1.29, 1.82) is 0 Å². The Hall–Kier alpha value is -1.94. The van der Waals surface area contributed by atoms with E-state index >= 15 is 0 Å². The Labute approximate surface area is 136 Å². The molecule has 3 rings (SSSR count). The molecule has 0 unspecified atom stereocenters. The van der Waals surface area contributed by atoms with Crippen LogP contribution in [0.4, 0.5) is 11.4 Å². The molecule has 2 N–H and O–H groups in total. The van der Waals surface area contributed by atoms with Gasteiger partial charge in [0.05, 0.1) is 11.6 Å². The molecule has 0 saturated carbocycles. The number of hydrogen-bond acceptors (Lipinski definition) is 2. The lowest BCUT2D eigenvalue weighted by molar-refractivity contribution is 0.397. The molecule has 0 bridgehead atoms. The fraction of sp³-hybridized carbons (Fsp3) is 0.353. The third kappa shape index (κ3) is 3.45. The van der Waals surface area contributed by atoms with Gasteiger partial charge in [0.2, 0.25) is 0 Å². The van der Waals surface area contributed by atoms with Gasteiger partial charge in [0.25, 0.3) is 0 Å². The van der Waals surface area contributed by atoms with Gasteiger partial charge in [-0.3, -0.25) is 0 Å². The van der Waals surface area contributed by atoms with Crippen molar-refractivity contribution in [3.05, 3.63) is 48.8 Å². The summed E-state index contributed by atoms with van der Waals surface area (Å²) in [6.07, 6.45) is 6.67. The van der Waals surface area contributed by atoms with Crippen LogP contribution < -0.4 is 10.6 Å². The number of aliphatic imine (C=N–C) groups is 1. The van der Waals surface area contributed by atoms with E-state index in [0.29, 0.717) is 11.9 Å². The average Bonchev–Trinajstić information content (AvgIpc) is 3.10. The molecule has 0 spiro atoms. The van der Waals surface area contributed by atoms with Crippen LogP contribution in [0.2, 0.25) is 0 Å². The van der Waals surface area contributed by atoms with Gasteiger partial charge in [-0.15, -0.1) is 11.6 Å². The molecule has 1 saturated heterocycles. The van der Waals surface area contributed by atoms with Crippen molar-refractivity contribution >= 4 is 28.8 Å². The van der Waals surface area contributed by atoms with Crippen LogP contribution in [0.25, 0.3) is 0 Å². The molecule has 116 valence electrons. The highest BCUT2D eigenvalue weighted by Gasteiger charge is 2.19. The second-order valence-electron chi connectivity index (χ2n) is 5.60. The Kier molecular flexibility index (Phi) is 4.68. The van der Waals surface area contributed by atoms with Crippen LogP contribution in [0.3, 0.4) is 0 Å². The summed E-state index contributed by atoms with van der Waals surface area (Å²) in [5, 5.41) is 0. The zero-order valence-corrected chi connectivity index (χ0v) is 13.3. The van der Waals surface area contributed by atoms with Crippen LogP contribution in [-0.2, 0) is 0 Å². The summed E-state index contributed by atoms with van der Waals surface area (Å²) in [4.78, 5) is 6.68. The summed E-state index contributed by atoms with van der Waals surface area (Å²) in [5.74, 6) is 0.705. The molecule has 1 aromatic heterocycles. The lowest BCUT2D eigenvalue weighted by atomic mass is 10.0. The third-order valence-electron chi connectivity index (χ3n) is 4.14. The quantitative estimate of drug-likeness (QED) is 0.532. The zero-order chi connectivity index (χ0) is 15.4. The maximum Gasteiger partial charge on any atom is 0.115 e. The van der Waals surface area contributed by atoms with Crippen LogP contribution in [-0.4, -0.2) is 29.4 Å². The number of alkyl halides is 1. The average molecular weight is 317 g/mol. The van der Waals surface area contributed by atoms with Crippen LogP contribution in [0.15, 0.2) is 53.8 Å². The zero-order valence-electron chi connectivity index (χ0n) is 12.5. The van der Waals surface area contributed by atoms with E-state index in [1.54, 1.807) is 0 Å². The minimum atomic E-state index is 0.259. The first kappa shape index (κ1) is 15.0. The van der Waals surface area contributed by atoms with Gasteiger partial charge in [0.15, 0.2) is 0 Å². The number of aromatic nitrogens is 1. The number of piperidine rings is 1. The largest absolute Gasteiger partial charge is 0.386 e. The number of halogens is 1. The second-order valence-corrected chi connectivity index (χ2v) is 5.87. The standard InChI is InChI=1S/C17H21ClN4/c18-13-17(19)20-14-3-5-15(6-4-14)22-11-7-16(8-12-22)21-9-1-2-10-21/h1-6,9-10,16H,7-8,11-13H2,(H2,19,20). The van der Waals surface area contributed by atoms with Crippen molar-refractivity contribution in [2.75, 3.05) is 23.9 Å². The molecule has 0 radical (unpaired) electrons. The van der Waals surface area contributed by atoms with Gasteiger partial charge >= 0.3 is 0 Å². The number of rotatable bonds is 4. The molecule has 2 heterocycles. The van der Waals surface area contributed by atoms with Crippen molar-refractivity contribution in [3.8, 4) is 0 Å². The third-order valence-corrected chi connectivity index (χ3v) is 4.41. The topological polar surface area (TPSA) is 46.5 Å². The lowest BCUT2D eigenvalue weighted by Gasteiger charge is -2.34. The first-order chi connectivity index (χ1) is 10.8. The Balaban J connectivity index is 1.61. The Morgan fingerprint density at radius 1 is 1.14 bits per heavy atom. The van der Waals surface area contributed by atoms with E-state index in [4.69, 9.17) is 17.3 Å². The minimum Gasteiger partial charge on any atom is -0.386 e. The van der Waals surface area contributed by atoms with Crippen molar-refractivity contribution < 1.29 is 0 Å². The molecule has 1 aromatic carbocycles. The van der Waals surface area contributed by atoms with Crippen molar-refractivity contribution in [3.63, 3.8) is 0 Å². The predicted octanol–water partition coefficient (Wildman–Crippen LogP) is 3.56. The number of nitrogens with zero attached hydrogens (tertiary/aromatic N) is 3. The molecule has 1 fully saturated rings. The van der Waals surface area contributed by atoms with E-state index < -0.39 is 0 Å². The maximum absolute atomic E-state index is 5.65. The smallest absolute Gasteiger partial charge is 0.115 e. The van der Waals surface area contributed by atoms with Gasteiger partial charge in [-0.1, -0.05) is 0 Å². The molecule has 0 amide bonds. The van der Waals surface area contributed by atoms with E-state index in [-0.39, 0.29) is 5.88 Å². The molecule has 1 aliphatic rings. The van der Waals surface area contributed by atoms with Crippen LogP contribution in [0, 0.1) is 0 Å². The fourth-order valence-electron chi connectivity index (χ4n) is 2.95. The highest BCUT2D eigenvalue weighted by molar-refractivity contribution is 6.28. The summed E-state index contributed by atoms with van der Waals surface area (Å²) < 4.78 is 2.32. The molecule has 5 heteroatoms. The molecule has 0 aliphatic carbocycles. The van der Waals surface area contributed by atoms with Gasteiger partial charge in [-0.25, -0.2) is 4.99 Å². The van der Waals surface area contributed by atoms with Gasteiger partial charge in [-0.05, 0) is 49.2 Å². The van der Waals surface area contributed by atoms with E-state index in [0.717, 1.165) is 18.8 Å². The van der Waals surface area contributed by atoms with E-state index in [1.807, 2.05) is 12.1 Å². The van der Waals surface area contributed by atoms with Gasteiger partial charge in [0, 0.05) is 37.2 Å². The SMILES string of the molecule is NC(CCl)=Nc1ccc(N2CCC(n3cccc3)CC2)cc1. The summed E-state index contributed by atoms with van der Waals surface area (Å²) in [5.41, 5.74) is 7.75. The van der Waals surface area contributed by atoms with E-state index in [1.165, 1.54) is 18.5 Å². The van der Waals surface area contributed by atoms with Gasteiger partial charge < -0.3 is 15.2 Å². The van der Waals surface area contributed by atoms with Gasteiger partial charge in [0.1, 0.15) is 5.84 Å². The fourth-order valence-corrected chi connectivity index (χ4v) is 3.01. The predicted molar refractivity (Wildman–Crippen MR) is 93.4 cm³/mol. The van der Waals surface area contributed by atoms with E-state index in [9.17, 15) is 0 Å². The number of amidine groups is 1. The monoisotopic (exact) mass is 316 g/mol. The van der Waals surface area contributed by atoms with Crippen molar-refractivity contribution in [1.82, 2.24) is 4.57 Å². The van der Waals surface area contributed by atoms with Crippen LogP contribution in [0.5, 0.6) is 0 Å². The summed E-state index contributed by atoms with van der Waals surface area (Å²) in [7, 11) is 0. The number of nitrogens with two attached hydrogens (primary N) is 1. The Bertz CT molecular complexity index is 611. The molecule has 2 aromatic rings. The molecular weight excluding hydrogens is 296 g/mol. The summed E-state index contributed by atoms with van der Waals surface area (Å²) >= 11 is 5.64. The highest BCUT2D eigenvalue weighted by Crippen LogP contribution is 2.27. The molecule has 0 atom stereocenters. The molecule has 1 aliphatic heterocycles. The van der Waals surface area contributed by atoms with Gasteiger partial charge in [-0.2, -0.15) is 0 Å². The van der Waals surface area contributed by atoms with Crippen molar-refractivity contribution in [2.24, 2.45) is 10.7 Å². The second kappa shape index (κ2) is 6.88. The molecule has 22 heavy (non-hydrogen) atoms. The Morgan fingerprint density at radius 3 is 2.36 bits per heavy atom. The minimum absolute atomic E-state index is 0.259. The van der Waals surface area contributed by atoms with E-state index in [2.05, 4.69) is 51.1 Å². The number of hydrogen-bond donors (Lipinski definition) is 1. The maximum atomic E-state index is 5.65. The van der Waals surface area contributed by atoms with Crippen LogP contribution in [0.1, 0.15) is 18.9 Å². The first-order valence-electron chi connectivity index (χ1n) is 7.63. The molecular formula is C17H21ClN4. The summed E-state index contributed by atoms with van der Waals surface area (Å²) in [6.45, 7) is 2.16. The summed E-state index contributed by atoms with van der Waals surface area (Å²) in [6, 6.07) is 13.0. The number of benzene rings is 1.